The Balaban J connectivity index is 1.28. The van der Waals surface area contributed by atoms with Crippen molar-refractivity contribution < 1.29 is 28.6 Å². The summed E-state index contributed by atoms with van der Waals surface area (Å²) >= 11 is 0. The number of rotatable bonds is 6. The van der Waals surface area contributed by atoms with E-state index in [4.69, 9.17) is 14.2 Å². The Kier molecular flexibility index (Phi) is 6.10. The zero-order valence-electron chi connectivity index (χ0n) is 19.1. The molecule has 0 aromatic heterocycles. The fourth-order valence-electron chi connectivity index (χ4n) is 3.66. The molecular formula is C27H24N2O6. The quantitative estimate of drug-likeness (QED) is 0.402. The maximum absolute atomic E-state index is 12.8. The van der Waals surface area contributed by atoms with E-state index in [-0.39, 0.29) is 23.3 Å². The minimum atomic E-state index is -0.578. The topological polar surface area (TPSA) is 103 Å². The predicted molar refractivity (Wildman–Crippen MR) is 129 cm³/mol. The summed E-state index contributed by atoms with van der Waals surface area (Å²) in [7, 11) is 0. The number of nitrogens with one attached hydrogen (secondary N) is 2. The zero-order chi connectivity index (χ0) is 24.4. The minimum Gasteiger partial charge on any atom is -0.486 e. The summed E-state index contributed by atoms with van der Waals surface area (Å²) in [5, 5.41) is 5.68. The van der Waals surface area contributed by atoms with Crippen LogP contribution < -0.4 is 24.8 Å². The van der Waals surface area contributed by atoms with Crippen LogP contribution in [-0.4, -0.2) is 31.0 Å². The third-order valence-corrected chi connectivity index (χ3v) is 5.79. The van der Waals surface area contributed by atoms with E-state index >= 15 is 0 Å². The summed E-state index contributed by atoms with van der Waals surface area (Å²) in [6.45, 7) is 2.73. The summed E-state index contributed by atoms with van der Waals surface area (Å²) in [5.41, 5.74) is 2.54. The first-order chi connectivity index (χ1) is 17.0. The summed E-state index contributed by atoms with van der Waals surface area (Å²) in [5.74, 6) is 0.569. The van der Waals surface area contributed by atoms with E-state index in [9.17, 15) is 14.4 Å². The maximum Gasteiger partial charge on any atom is 0.343 e. The van der Waals surface area contributed by atoms with Crippen LogP contribution in [0.2, 0.25) is 0 Å². The largest absolute Gasteiger partial charge is 0.486 e. The molecule has 0 bridgehead atoms. The lowest BCUT2D eigenvalue weighted by Crippen LogP contribution is -2.18. The number of carbonyl (C=O) groups excluding carboxylic acids is 3. The molecule has 5 rings (SSSR count). The number of fused-ring (bicyclic) bond motifs is 1. The van der Waals surface area contributed by atoms with E-state index in [1.165, 1.54) is 0 Å². The highest BCUT2D eigenvalue weighted by atomic mass is 16.6. The summed E-state index contributed by atoms with van der Waals surface area (Å²) in [6, 6.07) is 16.6. The van der Waals surface area contributed by atoms with E-state index in [0.29, 0.717) is 47.4 Å². The van der Waals surface area contributed by atoms with Crippen LogP contribution in [0.15, 0.2) is 60.7 Å². The molecule has 2 N–H and O–H groups in total. The maximum atomic E-state index is 12.8. The van der Waals surface area contributed by atoms with Crippen LogP contribution in [0.25, 0.3) is 0 Å². The molecule has 3 aromatic rings. The second kappa shape index (κ2) is 9.50. The van der Waals surface area contributed by atoms with Crippen molar-refractivity contribution >= 4 is 29.2 Å². The van der Waals surface area contributed by atoms with Crippen molar-refractivity contribution in [3.8, 4) is 17.2 Å². The van der Waals surface area contributed by atoms with Crippen molar-refractivity contribution in [1.29, 1.82) is 0 Å². The van der Waals surface area contributed by atoms with Crippen LogP contribution in [0, 0.1) is 12.8 Å². The molecule has 35 heavy (non-hydrogen) atoms. The fourth-order valence-corrected chi connectivity index (χ4v) is 3.66. The van der Waals surface area contributed by atoms with Crippen LogP contribution in [0.5, 0.6) is 17.2 Å². The molecule has 0 saturated heterocycles. The standard InChI is InChI=1S/C27H24N2O6/c1-16-5-6-19(27(32)35-21-4-2-3-20(15-21)28-25(30)17-7-8-17)13-22(16)29-26(31)18-9-10-23-24(14-18)34-12-11-33-23/h2-6,9-10,13-15,17H,7-8,11-12H2,1H3,(H,28,30)(H,29,31). The molecule has 8 heteroatoms. The van der Waals surface area contributed by atoms with Gasteiger partial charge in [-0.2, -0.15) is 0 Å². The van der Waals surface area contributed by atoms with Crippen LogP contribution >= 0.6 is 0 Å². The molecular weight excluding hydrogens is 448 g/mol. The molecule has 0 atom stereocenters. The van der Waals surface area contributed by atoms with Gasteiger partial charge in [0.25, 0.3) is 5.91 Å². The average Bonchev–Trinajstić information content (AvgIpc) is 3.71. The molecule has 0 spiro atoms. The van der Waals surface area contributed by atoms with Crippen molar-refractivity contribution in [2.24, 2.45) is 5.92 Å². The van der Waals surface area contributed by atoms with E-state index in [1.807, 2.05) is 6.92 Å². The Bertz CT molecular complexity index is 1310. The lowest BCUT2D eigenvalue weighted by atomic mass is 10.1. The lowest BCUT2D eigenvalue weighted by Gasteiger charge is -2.19. The molecule has 0 radical (unpaired) electrons. The van der Waals surface area contributed by atoms with Crippen LogP contribution in [0.4, 0.5) is 11.4 Å². The number of anilines is 2. The Morgan fingerprint density at radius 3 is 2.43 bits per heavy atom. The molecule has 178 valence electrons. The van der Waals surface area contributed by atoms with Crippen LogP contribution in [0.3, 0.4) is 0 Å². The molecule has 3 aromatic carbocycles. The van der Waals surface area contributed by atoms with Gasteiger partial charge in [-0.05, 0) is 67.8 Å². The fraction of sp³-hybridized carbons (Fsp3) is 0.222. The minimum absolute atomic E-state index is 0.0228. The first kappa shape index (κ1) is 22.5. The van der Waals surface area contributed by atoms with Crippen molar-refractivity contribution in [2.75, 3.05) is 23.8 Å². The van der Waals surface area contributed by atoms with Crippen LogP contribution in [0.1, 0.15) is 39.1 Å². The van der Waals surface area contributed by atoms with Gasteiger partial charge >= 0.3 is 5.97 Å². The second-order valence-electron chi connectivity index (χ2n) is 8.52. The molecule has 1 saturated carbocycles. The molecule has 1 aliphatic heterocycles. The predicted octanol–water partition coefficient (Wildman–Crippen LogP) is 4.59. The zero-order valence-corrected chi connectivity index (χ0v) is 19.1. The SMILES string of the molecule is Cc1ccc(C(=O)Oc2cccc(NC(=O)C3CC3)c2)cc1NC(=O)c1ccc2c(c1)OCCO2. The second-order valence-corrected chi connectivity index (χ2v) is 8.52. The van der Waals surface area contributed by atoms with Crippen molar-refractivity contribution in [3.05, 3.63) is 77.4 Å². The summed E-state index contributed by atoms with van der Waals surface area (Å²) in [4.78, 5) is 37.6. The number of hydrogen-bond donors (Lipinski definition) is 2. The molecule has 1 aliphatic carbocycles. The number of esters is 1. The van der Waals surface area contributed by atoms with Gasteiger partial charge < -0.3 is 24.8 Å². The van der Waals surface area contributed by atoms with Gasteiger partial charge in [0.1, 0.15) is 19.0 Å². The number of benzene rings is 3. The highest BCUT2D eigenvalue weighted by Crippen LogP contribution is 2.32. The van der Waals surface area contributed by atoms with Gasteiger partial charge in [0.05, 0.1) is 5.56 Å². The highest BCUT2D eigenvalue weighted by Gasteiger charge is 2.29. The molecule has 2 aliphatic rings. The number of aryl methyl sites for hydroxylation is 1. The van der Waals surface area contributed by atoms with Gasteiger partial charge in [0.15, 0.2) is 11.5 Å². The Morgan fingerprint density at radius 1 is 0.857 bits per heavy atom. The van der Waals surface area contributed by atoms with Crippen molar-refractivity contribution in [1.82, 2.24) is 0 Å². The Morgan fingerprint density at radius 2 is 1.63 bits per heavy atom. The third kappa shape index (κ3) is 5.27. The highest BCUT2D eigenvalue weighted by molar-refractivity contribution is 6.05. The van der Waals surface area contributed by atoms with Gasteiger partial charge in [0, 0.05) is 28.9 Å². The first-order valence-electron chi connectivity index (χ1n) is 11.4. The summed E-state index contributed by atoms with van der Waals surface area (Å²) < 4.78 is 16.6. The Labute approximate surface area is 202 Å². The van der Waals surface area contributed by atoms with Gasteiger partial charge in [0.2, 0.25) is 5.91 Å². The lowest BCUT2D eigenvalue weighted by molar-refractivity contribution is -0.117. The number of amides is 2. The molecule has 1 heterocycles. The van der Waals surface area contributed by atoms with Gasteiger partial charge in [-0.3, -0.25) is 9.59 Å². The van der Waals surface area contributed by atoms with E-state index in [1.54, 1.807) is 60.7 Å². The van der Waals surface area contributed by atoms with Gasteiger partial charge in [-0.15, -0.1) is 0 Å². The molecule has 2 amide bonds. The molecule has 1 fully saturated rings. The average molecular weight is 472 g/mol. The normalized spacial score (nSPS) is 14.1. The Hall–Kier alpha value is -4.33. The first-order valence-corrected chi connectivity index (χ1v) is 11.4. The van der Waals surface area contributed by atoms with Crippen molar-refractivity contribution in [3.63, 3.8) is 0 Å². The third-order valence-electron chi connectivity index (χ3n) is 5.79. The van der Waals surface area contributed by atoms with E-state index < -0.39 is 5.97 Å². The van der Waals surface area contributed by atoms with E-state index in [0.717, 1.165) is 18.4 Å². The van der Waals surface area contributed by atoms with Gasteiger partial charge in [-0.25, -0.2) is 4.79 Å². The van der Waals surface area contributed by atoms with E-state index in [2.05, 4.69) is 10.6 Å². The summed E-state index contributed by atoms with van der Waals surface area (Å²) in [6.07, 6.45) is 1.81. The molecule has 0 unspecified atom stereocenters. The van der Waals surface area contributed by atoms with Gasteiger partial charge in [-0.1, -0.05) is 12.1 Å². The smallest absolute Gasteiger partial charge is 0.343 e. The molecule has 8 nitrogen and oxygen atoms in total. The van der Waals surface area contributed by atoms with Crippen molar-refractivity contribution in [2.45, 2.75) is 19.8 Å². The van der Waals surface area contributed by atoms with Crippen LogP contribution in [-0.2, 0) is 4.79 Å². The number of ether oxygens (including phenoxy) is 3. The number of hydrogen-bond acceptors (Lipinski definition) is 6. The number of carbonyl (C=O) groups is 3. The monoisotopic (exact) mass is 472 g/mol.